The van der Waals surface area contributed by atoms with Gasteiger partial charge < -0.3 is 4.74 Å². The molecule has 1 saturated heterocycles. The van der Waals surface area contributed by atoms with Crippen molar-refractivity contribution in [3.63, 3.8) is 0 Å². The summed E-state index contributed by atoms with van der Waals surface area (Å²) in [6.07, 6.45) is 11.0. The Bertz CT molecular complexity index is 632. The fraction of sp³-hybridized carbons (Fsp3) is 0.739. The largest absolute Gasteiger partial charge is 0.443 e. The summed E-state index contributed by atoms with van der Waals surface area (Å²) in [5.74, 6) is 0.725. The van der Waals surface area contributed by atoms with Crippen LogP contribution in [0.2, 0.25) is 0 Å². The van der Waals surface area contributed by atoms with Gasteiger partial charge in [0.15, 0.2) is 0 Å². The second-order valence-electron chi connectivity index (χ2n) is 9.29. The molecule has 1 aliphatic carbocycles. The van der Waals surface area contributed by atoms with Crippen molar-refractivity contribution in [2.45, 2.75) is 96.7 Å². The Balaban J connectivity index is 1.77. The second-order valence-corrected chi connectivity index (χ2v) is 9.29. The average Bonchev–Trinajstić information content (AvgIpc) is 3.31. The van der Waals surface area contributed by atoms with Crippen LogP contribution in [0, 0.1) is 0 Å². The maximum absolute atomic E-state index is 12.9. The first-order chi connectivity index (χ1) is 13.4. The Hall–Kier alpha value is -1.62. The molecule has 5 nitrogen and oxygen atoms in total. The van der Waals surface area contributed by atoms with E-state index in [9.17, 15) is 4.79 Å². The summed E-state index contributed by atoms with van der Waals surface area (Å²) in [6, 6.07) is 4.85. The van der Waals surface area contributed by atoms with Crippen LogP contribution in [0.5, 0.6) is 0 Å². The molecule has 0 bridgehead atoms. The summed E-state index contributed by atoms with van der Waals surface area (Å²) in [7, 11) is 0. The van der Waals surface area contributed by atoms with Crippen molar-refractivity contribution >= 4 is 11.9 Å². The molecule has 1 aromatic rings. The molecule has 0 radical (unpaired) electrons. The summed E-state index contributed by atoms with van der Waals surface area (Å²) >= 11 is 0. The van der Waals surface area contributed by atoms with Crippen molar-refractivity contribution in [2.75, 3.05) is 18.0 Å². The first-order valence-electron chi connectivity index (χ1n) is 11.1. The van der Waals surface area contributed by atoms with Crippen LogP contribution in [0.1, 0.15) is 90.7 Å². The minimum absolute atomic E-state index is 0.195. The van der Waals surface area contributed by atoms with Crippen LogP contribution >= 0.6 is 0 Å². The van der Waals surface area contributed by atoms with Gasteiger partial charge in [-0.1, -0.05) is 32.3 Å². The molecule has 2 aliphatic rings. The maximum atomic E-state index is 12.9. The molecule has 5 heteroatoms. The Morgan fingerprint density at radius 1 is 1.21 bits per heavy atom. The highest BCUT2D eigenvalue weighted by Crippen LogP contribution is 2.34. The molecule has 0 aromatic carbocycles. The van der Waals surface area contributed by atoms with Crippen molar-refractivity contribution < 1.29 is 9.53 Å². The van der Waals surface area contributed by atoms with Gasteiger partial charge in [-0.15, -0.1) is 0 Å². The number of hydrogen-bond donors (Lipinski definition) is 0. The maximum Gasteiger partial charge on any atom is 0.416 e. The topological polar surface area (TPSA) is 45.7 Å². The number of carbonyl (C=O) groups is 1. The molecule has 2 fully saturated rings. The van der Waals surface area contributed by atoms with Gasteiger partial charge >= 0.3 is 6.09 Å². The summed E-state index contributed by atoms with van der Waals surface area (Å²) < 4.78 is 5.70. The van der Waals surface area contributed by atoms with Crippen LogP contribution in [0.4, 0.5) is 10.6 Å². The van der Waals surface area contributed by atoms with E-state index in [0.29, 0.717) is 6.04 Å². The lowest BCUT2D eigenvalue weighted by Crippen LogP contribution is -2.43. The summed E-state index contributed by atoms with van der Waals surface area (Å²) in [5, 5.41) is 0. The highest BCUT2D eigenvalue weighted by molar-refractivity contribution is 5.87. The zero-order valence-electron chi connectivity index (χ0n) is 18.1. The van der Waals surface area contributed by atoms with Gasteiger partial charge in [0.1, 0.15) is 11.4 Å². The quantitative estimate of drug-likeness (QED) is 0.628. The van der Waals surface area contributed by atoms with Crippen molar-refractivity contribution in [1.29, 1.82) is 0 Å². The number of amides is 1. The van der Waals surface area contributed by atoms with Crippen molar-refractivity contribution in [2.24, 2.45) is 0 Å². The Morgan fingerprint density at radius 3 is 2.57 bits per heavy atom. The van der Waals surface area contributed by atoms with Crippen LogP contribution in [-0.4, -0.2) is 40.7 Å². The molecule has 156 valence electrons. The molecule has 0 N–H and O–H groups in total. The number of unbranched alkanes of at least 4 members (excludes halogenated alkanes) is 1. The van der Waals surface area contributed by atoms with Crippen molar-refractivity contribution in [3.05, 3.63) is 23.9 Å². The van der Waals surface area contributed by atoms with Crippen LogP contribution in [0.15, 0.2) is 18.3 Å². The Morgan fingerprint density at radius 2 is 1.96 bits per heavy atom. The molecule has 3 rings (SSSR count). The zero-order valence-corrected chi connectivity index (χ0v) is 18.1. The number of anilines is 1. The molecule has 1 saturated carbocycles. The standard InChI is InChI=1S/C23H37N3O2/c1-5-6-15-25-16-9-12-20(25)18-13-14-21(24-17-18)26(19-10-7-8-11-19)22(27)28-23(2,3)4/h13-14,17,19-20H,5-12,15-16H2,1-4H3. The molecule has 0 spiro atoms. The summed E-state index contributed by atoms with van der Waals surface area (Å²) in [4.78, 5) is 22.0. The van der Waals surface area contributed by atoms with E-state index in [0.717, 1.165) is 38.0 Å². The highest BCUT2D eigenvalue weighted by Gasteiger charge is 2.33. The number of ether oxygens (including phenoxy) is 1. The summed E-state index contributed by atoms with van der Waals surface area (Å²) in [6.45, 7) is 10.3. The van der Waals surface area contributed by atoms with Gasteiger partial charge in [-0.25, -0.2) is 9.78 Å². The van der Waals surface area contributed by atoms with E-state index < -0.39 is 5.60 Å². The molecule has 28 heavy (non-hydrogen) atoms. The van der Waals surface area contributed by atoms with Gasteiger partial charge in [0, 0.05) is 18.3 Å². The first kappa shape index (κ1) is 21.1. The average molecular weight is 388 g/mol. The number of likely N-dealkylation sites (tertiary alicyclic amines) is 1. The van der Waals surface area contributed by atoms with E-state index in [1.165, 1.54) is 37.8 Å². The molecular formula is C23H37N3O2. The molecular weight excluding hydrogens is 350 g/mol. The smallest absolute Gasteiger partial charge is 0.416 e. The molecule has 1 aliphatic heterocycles. The lowest BCUT2D eigenvalue weighted by Gasteiger charge is -2.31. The monoisotopic (exact) mass is 387 g/mol. The summed E-state index contributed by atoms with van der Waals surface area (Å²) in [5.41, 5.74) is 0.769. The molecule has 1 unspecified atom stereocenters. The first-order valence-corrected chi connectivity index (χ1v) is 11.1. The normalized spacial score (nSPS) is 21.2. The van der Waals surface area contributed by atoms with E-state index >= 15 is 0 Å². The van der Waals surface area contributed by atoms with Crippen molar-refractivity contribution in [3.8, 4) is 0 Å². The number of nitrogens with zero attached hydrogens (tertiary/aromatic N) is 3. The van der Waals surface area contributed by atoms with Crippen LogP contribution in [0.25, 0.3) is 0 Å². The highest BCUT2D eigenvalue weighted by atomic mass is 16.6. The molecule has 2 heterocycles. The fourth-order valence-electron chi connectivity index (χ4n) is 4.47. The van der Waals surface area contributed by atoms with Gasteiger partial charge in [0.25, 0.3) is 0 Å². The zero-order chi connectivity index (χ0) is 20.1. The second kappa shape index (κ2) is 9.25. The fourth-order valence-corrected chi connectivity index (χ4v) is 4.47. The molecule has 1 atom stereocenters. The van der Waals surface area contributed by atoms with Gasteiger partial charge in [-0.05, 0) is 77.6 Å². The lowest BCUT2D eigenvalue weighted by molar-refractivity contribution is 0.0564. The third-order valence-electron chi connectivity index (χ3n) is 5.84. The van der Waals surface area contributed by atoms with E-state index in [2.05, 4.69) is 17.9 Å². The molecule has 1 amide bonds. The van der Waals surface area contributed by atoms with E-state index in [1.807, 2.05) is 33.0 Å². The van der Waals surface area contributed by atoms with Gasteiger partial charge in [0.2, 0.25) is 0 Å². The van der Waals surface area contributed by atoms with Crippen LogP contribution in [0.3, 0.4) is 0 Å². The van der Waals surface area contributed by atoms with Crippen molar-refractivity contribution in [1.82, 2.24) is 9.88 Å². The number of carbonyl (C=O) groups excluding carboxylic acids is 1. The Kier molecular flexibility index (Phi) is 6.97. The lowest BCUT2D eigenvalue weighted by atomic mass is 10.1. The van der Waals surface area contributed by atoms with Gasteiger partial charge in [0.05, 0.1) is 0 Å². The van der Waals surface area contributed by atoms with Gasteiger partial charge in [-0.2, -0.15) is 0 Å². The predicted molar refractivity (Wildman–Crippen MR) is 114 cm³/mol. The third-order valence-corrected chi connectivity index (χ3v) is 5.84. The number of aromatic nitrogens is 1. The number of hydrogen-bond acceptors (Lipinski definition) is 4. The number of rotatable bonds is 6. The predicted octanol–water partition coefficient (Wildman–Crippen LogP) is 5.70. The SMILES string of the molecule is CCCCN1CCCC1c1ccc(N(C(=O)OC(C)(C)C)C2CCCC2)nc1. The minimum atomic E-state index is -0.502. The minimum Gasteiger partial charge on any atom is -0.443 e. The number of pyridine rings is 1. The van der Waals surface area contributed by atoms with Gasteiger partial charge in [-0.3, -0.25) is 9.80 Å². The molecule has 1 aromatic heterocycles. The van der Waals surface area contributed by atoms with E-state index in [4.69, 9.17) is 9.72 Å². The van der Waals surface area contributed by atoms with E-state index in [-0.39, 0.29) is 12.1 Å². The van der Waals surface area contributed by atoms with Crippen LogP contribution in [-0.2, 0) is 4.74 Å². The van der Waals surface area contributed by atoms with Crippen LogP contribution < -0.4 is 4.90 Å². The Labute approximate surface area is 170 Å². The third kappa shape index (κ3) is 5.25. The van der Waals surface area contributed by atoms with E-state index in [1.54, 1.807) is 4.90 Å².